The summed E-state index contributed by atoms with van der Waals surface area (Å²) in [4.78, 5) is 2.39. The van der Waals surface area contributed by atoms with E-state index in [2.05, 4.69) is 31.1 Å². The van der Waals surface area contributed by atoms with Crippen LogP contribution in [-0.4, -0.2) is 48.8 Å². The van der Waals surface area contributed by atoms with Crippen molar-refractivity contribution in [3.05, 3.63) is 0 Å². The standard InChI is InChI=1S/C13H28N2O/c1-11(16)9-13(2,3)10-14-12-5-7-15(4)8-6-12/h11-12,14,16H,5-10H2,1-4H3. The van der Waals surface area contributed by atoms with Crippen molar-refractivity contribution < 1.29 is 5.11 Å². The summed E-state index contributed by atoms with van der Waals surface area (Å²) in [5.74, 6) is 0. The average molecular weight is 228 g/mol. The van der Waals surface area contributed by atoms with Crippen molar-refractivity contribution in [2.75, 3.05) is 26.7 Å². The molecular weight excluding hydrogens is 200 g/mol. The maximum Gasteiger partial charge on any atom is 0.0517 e. The molecule has 0 aromatic rings. The molecule has 1 aliphatic rings. The first-order chi connectivity index (χ1) is 7.39. The Hall–Kier alpha value is -0.120. The lowest BCUT2D eigenvalue weighted by Gasteiger charge is -2.33. The minimum atomic E-state index is -0.200. The van der Waals surface area contributed by atoms with Crippen molar-refractivity contribution in [2.24, 2.45) is 5.41 Å². The molecule has 0 spiro atoms. The fourth-order valence-electron chi connectivity index (χ4n) is 2.51. The Morgan fingerprint density at radius 3 is 2.44 bits per heavy atom. The molecule has 2 N–H and O–H groups in total. The van der Waals surface area contributed by atoms with Crippen LogP contribution in [-0.2, 0) is 0 Å². The minimum Gasteiger partial charge on any atom is -0.393 e. The van der Waals surface area contributed by atoms with E-state index in [1.54, 1.807) is 0 Å². The molecule has 3 nitrogen and oxygen atoms in total. The highest BCUT2D eigenvalue weighted by atomic mass is 16.3. The van der Waals surface area contributed by atoms with Gasteiger partial charge in [-0.3, -0.25) is 0 Å². The van der Waals surface area contributed by atoms with Crippen molar-refractivity contribution in [1.82, 2.24) is 10.2 Å². The number of aliphatic hydroxyl groups excluding tert-OH is 1. The van der Waals surface area contributed by atoms with Gasteiger partial charge in [0.15, 0.2) is 0 Å². The van der Waals surface area contributed by atoms with E-state index in [0.29, 0.717) is 6.04 Å². The van der Waals surface area contributed by atoms with Crippen LogP contribution >= 0.6 is 0 Å². The quantitative estimate of drug-likeness (QED) is 0.748. The van der Waals surface area contributed by atoms with Crippen molar-refractivity contribution in [3.63, 3.8) is 0 Å². The van der Waals surface area contributed by atoms with Gasteiger partial charge in [0.1, 0.15) is 0 Å². The third-order valence-corrected chi connectivity index (χ3v) is 3.44. The Kier molecular flexibility index (Phi) is 5.22. The van der Waals surface area contributed by atoms with Crippen molar-refractivity contribution in [2.45, 2.75) is 52.2 Å². The molecule has 1 unspecified atom stereocenters. The maximum atomic E-state index is 9.43. The van der Waals surface area contributed by atoms with Gasteiger partial charge in [0.2, 0.25) is 0 Å². The van der Waals surface area contributed by atoms with E-state index in [1.165, 1.54) is 25.9 Å². The molecule has 0 aromatic carbocycles. The second-order valence-corrected chi connectivity index (χ2v) is 6.18. The summed E-state index contributed by atoms with van der Waals surface area (Å²) in [5.41, 5.74) is 0.192. The second-order valence-electron chi connectivity index (χ2n) is 6.18. The largest absolute Gasteiger partial charge is 0.393 e. The molecule has 0 amide bonds. The Balaban J connectivity index is 2.23. The molecule has 1 heterocycles. The monoisotopic (exact) mass is 228 g/mol. The highest BCUT2D eigenvalue weighted by molar-refractivity contribution is 4.80. The van der Waals surface area contributed by atoms with Crippen LogP contribution in [0.1, 0.15) is 40.0 Å². The third kappa shape index (κ3) is 5.28. The van der Waals surface area contributed by atoms with Gasteiger partial charge in [-0.05, 0) is 51.7 Å². The SMILES string of the molecule is CC(O)CC(C)(C)CNC1CCN(C)CC1. The first-order valence-corrected chi connectivity index (χ1v) is 6.49. The predicted molar refractivity (Wildman–Crippen MR) is 68.6 cm³/mol. The highest BCUT2D eigenvalue weighted by Gasteiger charge is 2.23. The lowest BCUT2D eigenvalue weighted by Crippen LogP contribution is -2.44. The molecule has 0 bridgehead atoms. The molecule has 0 saturated carbocycles. The number of piperidine rings is 1. The van der Waals surface area contributed by atoms with Gasteiger partial charge in [-0.2, -0.15) is 0 Å². The van der Waals surface area contributed by atoms with Crippen LogP contribution < -0.4 is 5.32 Å². The van der Waals surface area contributed by atoms with Crippen LogP contribution in [0.25, 0.3) is 0 Å². The Labute approximate surface area is 100 Å². The molecule has 1 atom stereocenters. The third-order valence-electron chi connectivity index (χ3n) is 3.44. The second kappa shape index (κ2) is 5.99. The van der Waals surface area contributed by atoms with Crippen molar-refractivity contribution >= 4 is 0 Å². The normalized spacial score (nSPS) is 22.3. The summed E-state index contributed by atoms with van der Waals surface area (Å²) in [6, 6.07) is 0.671. The Morgan fingerprint density at radius 1 is 1.38 bits per heavy atom. The Bertz CT molecular complexity index is 196. The van der Waals surface area contributed by atoms with Gasteiger partial charge in [0, 0.05) is 12.6 Å². The molecule has 16 heavy (non-hydrogen) atoms. The van der Waals surface area contributed by atoms with E-state index in [-0.39, 0.29) is 11.5 Å². The van der Waals surface area contributed by atoms with E-state index in [4.69, 9.17) is 0 Å². The molecule has 1 saturated heterocycles. The van der Waals surface area contributed by atoms with E-state index < -0.39 is 0 Å². The Morgan fingerprint density at radius 2 is 1.94 bits per heavy atom. The maximum absolute atomic E-state index is 9.43. The molecule has 1 rings (SSSR count). The highest BCUT2D eigenvalue weighted by Crippen LogP contribution is 2.22. The summed E-state index contributed by atoms with van der Waals surface area (Å²) in [6.45, 7) is 9.73. The fraction of sp³-hybridized carbons (Fsp3) is 1.00. The zero-order chi connectivity index (χ0) is 12.2. The summed E-state index contributed by atoms with van der Waals surface area (Å²) < 4.78 is 0. The van der Waals surface area contributed by atoms with Gasteiger partial charge < -0.3 is 15.3 Å². The van der Waals surface area contributed by atoms with Crippen LogP contribution in [0.4, 0.5) is 0 Å². The van der Waals surface area contributed by atoms with Crippen LogP contribution in [0.5, 0.6) is 0 Å². The summed E-state index contributed by atoms with van der Waals surface area (Å²) >= 11 is 0. The van der Waals surface area contributed by atoms with Crippen LogP contribution in [0, 0.1) is 5.41 Å². The zero-order valence-electron chi connectivity index (χ0n) is 11.3. The zero-order valence-corrected chi connectivity index (χ0v) is 11.3. The molecule has 0 aliphatic carbocycles. The topological polar surface area (TPSA) is 35.5 Å². The van der Waals surface area contributed by atoms with Crippen LogP contribution in [0.15, 0.2) is 0 Å². The summed E-state index contributed by atoms with van der Waals surface area (Å²) in [5, 5.41) is 13.1. The smallest absolute Gasteiger partial charge is 0.0517 e. The van der Waals surface area contributed by atoms with Crippen LogP contribution in [0.2, 0.25) is 0 Å². The molecule has 1 aliphatic heterocycles. The molecule has 1 fully saturated rings. The van der Waals surface area contributed by atoms with Gasteiger partial charge >= 0.3 is 0 Å². The van der Waals surface area contributed by atoms with E-state index >= 15 is 0 Å². The molecule has 0 radical (unpaired) electrons. The van der Waals surface area contributed by atoms with E-state index in [1.807, 2.05) is 6.92 Å². The first kappa shape index (κ1) is 13.9. The summed E-state index contributed by atoms with van der Waals surface area (Å²) in [7, 11) is 2.19. The van der Waals surface area contributed by atoms with Gasteiger partial charge in [0.25, 0.3) is 0 Å². The molecule has 3 heteroatoms. The number of aliphatic hydroxyl groups is 1. The minimum absolute atomic E-state index is 0.192. The molecule has 0 aromatic heterocycles. The predicted octanol–water partition coefficient (Wildman–Crippen LogP) is 1.47. The average Bonchev–Trinajstić information content (AvgIpc) is 2.15. The first-order valence-electron chi connectivity index (χ1n) is 6.49. The lowest BCUT2D eigenvalue weighted by atomic mass is 9.86. The number of rotatable bonds is 5. The van der Waals surface area contributed by atoms with Gasteiger partial charge in [-0.25, -0.2) is 0 Å². The van der Waals surface area contributed by atoms with Crippen LogP contribution in [0.3, 0.4) is 0 Å². The lowest BCUT2D eigenvalue weighted by molar-refractivity contribution is 0.123. The van der Waals surface area contributed by atoms with Gasteiger partial charge in [-0.1, -0.05) is 13.8 Å². The van der Waals surface area contributed by atoms with E-state index in [9.17, 15) is 5.11 Å². The van der Waals surface area contributed by atoms with Crippen molar-refractivity contribution in [3.8, 4) is 0 Å². The number of nitrogens with zero attached hydrogens (tertiary/aromatic N) is 1. The molecular formula is C13H28N2O. The van der Waals surface area contributed by atoms with Gasteiger partial charge in [0.05, 0.1) is 6.10 Å². The number of hydrogen-bond acceptors (Lipinski definition) is 3. The number of likely N-dealkylation sites (tertiary alicyclic amines) is 1. The molecule has 96 valence electrons. The number of nitrogens with one attached hydrogen (secondary N) is 1. The number of hydrogen-bond donors (Lipinski definition) is 2. The van der Waals surface area contributed by atoms with E-state index in [0.717, 1.165) is 13.0 Å². The fourth-order valence-corrected chi connectivity index (χ4v) is 2.51. The van der Waals surface area contributed by atoms with Crippen molar-refractivity contribution in [1.29, 1.82) is 0 Å². The summed E-state index contributed by atoms with van der Waals surface area (Å²) in [6.07, 6.45) is 3.17. The van der Waals surface area contributed by atoms with Gasteiger partial charge in [-0.15, -0.1) is 0 Å².